The highest BCUT2D eigenvalue weighted by molar-refractivity contribution is 5.80. The fourth-order valence-electron chi connectivity index (χ4n) is 1.89. The molecule has 0 aliphatic heterocycles. The molecule has 0 saturated carbocycles. The zero-order valence-corrected chi connectivity index (χ0v) is 10.7. The summed E-state index contributed by atoms with van der Waals surface area (Å²) in [5.41, 5.74) is 4.29. The largest absolute Gasteiger partial charge is 0.269 e. The predicted octanol–water partition coefficient (Wildman–Crippen LogP) is 2.82. The van der Waals surface area contributed by atoms with Gasteiger partial charge in [-0.2, -0.15) is 0 Å². The molecule has 1 heterocycles. The van der Waals surface area contributed by atoms with Gasteiger partial charge in [-0.25, -0.2) is 4.68 Å². The number of aryl methyl sites for hydroxylation is 1. The minimum Gasteiger partial charge on any atom is -0.269 e. The molecule has 0 N–H and O–H groups in total. The van der Waals surface area contributed by atoms with Gasteiger partial charge in [-0.15, -0.1) is 5.10 Å². The molecule has 2 aromatic carbocycles. The van der Waals surface area contributed by atoms with Gasteiger partial charge >= 0.3 is 0 Å². The fraction of sp³-hybridized carbons (Fsp3) is 0.133. The molecule has 94 valence electrons. The fourth-order valence-corrected chi connectivity index (χ4v) is 1.89. The molecule has 3 rings (SSSR count). The van der Waals surface area contributed by atoms with E-state index in [9.17, 15) is 0 Å². The van der Waals surface area contributed by atoms with Crippen molar-refractivity contribution in [2.45, 2.75) is 13.5 Å². The second kappa shape index (κ2) is 5.02. The van der Waals surface area contributed by atoms with E-state index in [1.54, 1.807) is 11.0 Å². The molecule has 19 heavy (non-hydrogen) atoms. The molecule has 0 amide bonds. The van der Waals surface area contributed by atoms with Crippen LogP contribution in [0.1, 0.15) is 11.1 Å². The molecule has 0 saturated heterocycles. The Kier molecular flexibility index (Phi) is 3.06. The van der Waals surface area contributed by atoms with E-state index in [2.05, 4.69) is 46.5 Å². The van der Waals surface area contributed by atoms with E-state index in [0.717, 1.165) is 11.0 Å². The van der Waals surface area contributed by atoms with Crippen molar-refractivity contribution in [3.63, 3.8) is 0 Å². The van der Waals surface area contributed by atoms with Crippen LogP contribution >= 0.6 is 0 Å². The second-order valence-electron chi connectivity index (χ2n) is 4.46. The van der Waals surface area contributed by atoms with E-state index < -0.39 is 0 Å². The summed E-state index contributed by atoms with van der Waals surface area (Å²) in [7, 11) is 0. The smallest absolute Gasteiger partial charge is 0.114 e. The highest BCUT2D eigenvalue weighted by Gasteiger charge is 1.99. The standard InChI is InChI=1S/C15H14N4/c1-12-6-8-13(9-7-12)10-16-11-19-15-5-3-2-4-14(15)17-18-19/h2-9,11H,10H2,1H3. The Morgan fingerprint density at radius 2 is 1.89 bits per heavy atom. The minimum atomic E-state index is 0.647. The Morgan fingerprint density at radius 3 is 2.74 bits per heavy atom. The first-order chi connectivity index (χ1) is 9.33. The van der Waals surface area contributed by atoms with Gasteiger partial charge in [0, 0.05) is 0 Å². The molecular weight excluding hydrogens is 236 g/mol. The van der Waals surface area contributed by atoms with Crippen LogP contribution in [0.15, 0.2) is 53.5 Å². The number of benzene rings is 2. The van der Waals surface area contributed by atoms with Crippen molar-refractivity contribution >= 4 is 17.4 Å². The van der Waals surface area contributed by atoms with Gasteiger partial charge in [-0.05, 0) is 24.6 Å². The van der Waals surface area contributed by atoms with Crippen molar-refractivity contribution in [3.8, 4) is 0 Å². The summed E-state index contributed by atoms with van der Waals surface area (Å²) in [6.45, 7) is 2.73. The van der Waals surface area contributed by atoms with Crippen LogP contribution < -0.4 is 0 Å². The topological polar surface area (TPSA) is 43.1 Å². The highest BCUT2D eigenvalue weighted by Crippen LogP contribution is 2.08. The molecule has 0 spiro atoms. The van der Waals surface area contributed by atoms with Crippen LogP contribution in [0.2, 0.25) is 0 Å². The van der Waals surface area contributed by atoms with Crippen LogP contribution in [-0.2, 0) is 6.54 Å². The van der Waals surface area contributed by atoms with E-state index in [1.807, 2.05) is 24.3 Å². The molecule has 4 heteroatoms. The number of fused-ring (bicyclic) bond motifs is 1. The van der Waals surface area contributed by atoms with Gasteiger partial charge in [0.05, 0.1) is 12.1 Å². The number of para-hydroxylation sites is 1. The third kappa shape index (κ3) is 2.52. The van der Waals surface area contributed by atoms with Gasteiger partial charge in [-0.3, -0.25) is 4.99 Å². The summed E-state index contributed by atoms with van der Waals surface area (Å²) in [5, 5.41) is 8.14. The number of rotatable bonds is 3. The lowest BCUT2D eigenvalue weighted by atomic mass is 10.1. The van der Waals surface area contributed by atoms with Gasteiger partial charge in [0.2, 0.25) is 0 Å². The third-order valence-corrected chi connectivity index (χ3v) is 2.96. The van der Waals surface area contributed by atoms with Crippen molar-refractivity contribution in [2.75, 3.05) is 0 Å². The molecule has 3 aromatic rings. The van der Waals surface area contributed by atoms with Crippen LogP contribution in [0.4, 0.5) is 0 Å². The number of hydrogen-bond acceptors (Lipinski definition) is 3. The first kappa shape index (κ1) is 11.6. The lowest BCUT2D eigenvalue weighted by molar-refractivity contribution is 0.867. The second-order valence-corrected chi connectivity index (χ2v) is 4.46. The number of aliphatic imine (C=N–C) groups is 1. The quantitative estimate of drug-likeness (QED) is 0.530. The minimum absolute atomic E-state index is 0.647. The summed E-state index contributed by atoms with van der Waals surface area (Å²) >= 11 is 0. The summed E-state index contributed by atoms with van der Waals surface area (Å²) < 4.78 is 1.70. The zero-order valence-electron chi connectivity index (χ0n) is 10.7. The van der Waals surface area contributed by atoms with Crippen molar-refractivity contribution in [2.24, 2.45) is 4.99 Å². The SMILES string of the molecule is Cc1ccc(CN=Cn2nnc3ccccc32)cc1. The highest BCUT2D eigenvalue weighted by atomic mass is 15.4. The Balaban J connectivity index is 1.77. The number of hydrogen-bond donors (Lipinski definition) is 0. The third-order valence-electron chi connectivity index (χ3n) is 2.96. The van der Waals surface area contributed by atoms with Crippen LogP contribution in [0, 0.1) is 6.92 Å². The Hall–Kier alpha value is -2.49. The molecule has 0 fully saturated rings. The van der Waals surface area contributed by atoms with E-state index in [4.69, 9.17) is 0 Å². The molecule has 0 aliphatic rings. The normalized spacial score (nSPS) is 11.4. The van der Waals surface area contributed by atoms with Crippen LogP contribution in [0.25, 0.3) is 11.0 Å². The van der Waals surface area contributed by atoms with Crippen molar-refractivity contribution in [1.82, 2.24) is 15.0 Å². The first-order valence-corrected chi connectivity index (χ1v) is 6.18. The Labute approximate surface area is 111 Å². The lowest BCUT2D eigenvalue weighted by Crippen LogP contribution is -1.98. The molecule has 0 unspecified atom stereocenters. The maximum atomic E-state index is 4.40. The van der Waals surface area contributed by atoms with Crippen LogP contribution in [0.5, 0.6) is 0 Å². The van der Waals surface area contributed by atoms with E-state index in [0.29, 0.717) is 6.54 Å². The van der Waals surface area contributed by atoms with Crippen molar-refractivity contribution < 1.29 is 0 Å². The maximum Gasteiger partial charge on any atom is 0.114 e. The number of nitrogens with zero attached hydrogens (tertiary/aromatic N) is 4. The lowest BCUT2D eigenvalue weighted by Gasteiger charge is -1.97. The van der Waals surface area contributed by atoms with Gasteiger partial charge in [0.25, 0.3) is 0 Å². The molecule has 0 bridgehead atoms. The van der Waals surface area contributed by atoms with Crippen LogP contribution in [0.3, 0.4) is 0 Å². The van der Waals surface area contributed by atoms with Gasteiger partial charge in [0.15, 0.2) is 0 Å². The summed E-state index contributed by atoms with van der Waals surface area (Å²) in [6, 6.07) is 16.2. The van der Waals surface area contributed by atoms with Gasteiger partial charge in [-0.1, -0.05) is 47.2 Å². The zero-order chi connectivity index (χ0) is 13.1. The predicted molar refractivity (Wildman–Crippen MR) is 76.3 cm³/mol. The summed E-state index contributed by atoms with van der Waals surface area (Å²) in [4.78, 5) is 4.40. The molecule has 0 radical (unpaired) electrons. The Morgan fingerprint density at radius 1 is 1.11 bits per heavy atom. The number of aromatic nitrogens is 3. The molecular formula is C15H14N4. The molecule has 4 nitrogen and oxygen atoms in total. The maximum absolute atomic E-state index is 4.40. The van der Waals surface area contributed by atoms with Crippen LogP contribution in [-0.4, -0.2) is 21.3 Å². The van der Waals surface area contributed by atoms with E-state index >= 15 is 0 Å². The average molecular weight is 250 g/mol. The van der Waals surface area contributed by atoms with Gasteiger partial charge < -0.3 is 0 Å². The first-order valence-electron chi connectivity index (χ1n) is 6.18. The summed E-state index contributed by atoms with van der Waals surface area (Å²) in [6.07, 6.45) is 1.72. The Bertz CT molecular complexity index is 710. The van der Waals surface area contributed by atoms with Gasteiger partial charge in [0.1, 0.15) is 11.9 Å². The molecule has 0 aliphatic carbocycles. The summed E-state index contributed by atoms with van der Waals surface area (Å²) in [5.74, 6) is 0. The van der Waals surface area contributed by atoms with E-state index in [1.165, 1.54) is 11.1 Å². The molecule has 0 atom stereocenters. The average Bonchev–Trinajstić information content (AvgIpc) is 2.85. The molecule has 1 aromatic heterocycles. The van der Waals surface area contributed by atoms with Crippen molar-refractivity contribution in [3.05, 3.63) is 59.7 Å². The van der Waals surface area contributed by atoms with E-state index in [-0.39, 0.29) is 0 Å². The monoisotopic (exact) mass is 250 g/mol. The van der Waals surface area contributed by atoms with Crippen molar-refractivity contribution in [1.29, 1.82) is 0 Å².